The van der Waals surface area contributed by atoms with Gasteiger partial charge in [0.25, 0.3) is 0 Å². The Labute approximate surface area is 71.3 Å². The molecular formula is C7H15NO4. The number of rotatable bonds is 5. The van der Waals surface area contributed by atoms with Gasteiger partial charge in [-0.25, -0.2) is 4.79 Å². The molecule has 0 aliphatic rings. The molecule has 1 unspecified atom stereocenters. The molecule has 0 fully saturated rings. The maximum Gasteiger partial charge on any atom is 0.405 e. The molecule has 5 heteroatoms. The molecule has 0 rings (SSSR count). The van der Waals surface area contributed by atoms with Crippen molar-refractivity contribution < 1.29 is 19.7 Å². The lowest BCUT2D eigenvalue weighted by atomic mass is 10.3. The summed E-state index contributed by atoms with van der Waals surface area (Å²) in [5.74, 6) is 0. The van der Waals surface area contributed by atoms with Crippen LogP contribution >= 0.6 is 0 Å². The molecule has 0 saturated heterocycles. The number of hydrogen-bond donors (Lipinski definition) is 3. The van der Waals surface area contributed by atoms with Gasteiger partial charge in [0, 0.05) is 0 Å². The van der Waals surface area contributed by atoms with Crippen LogP contribution in [0.25, 0.3) is 0 Å². The van der Waals surface area contributed by atoms with Gasteiger partial charge in [0.15, 0.2) is 0 Å². The van der Waals surface area contributed by atoms with Crippen molar-refractivity contribution in [3.05, 3.63) is 0 Å². The Morgan fingerprint density at radius 2 is 2.17 bits per heavy atom. The highest BCUT2D eigenvalue weighted by molar-refractivity contribution is 5.64. The Hall–Kier alpha value is -0.810. The van der Waals surface area contributed by atoms with Crippen molar-refractivity contribution in [2.24, 2.45) is 0 Å². The zero-order valence-corrected chi connectivity index (χ0v) is 7.28. The van der Waals surface area contributed by atoms with Gasteiger partial charge in [-0.2, -0.15) is 0 Å². The molecule has 72 valence electrons. The minimum atomic E-state index is -1.15. The monoisotopic (exact) mass is 177 g/mol. The maximum atomic E-state index is 10.1. The standard InChI is InChI=1S/C7H15NO4/c1-5(2)12-4-6(3-9)8-7(10)11/h5-6,8-9H,3-4H2,1-2H3,(H,10,11). The minimum absolute atomic E-state index is 0.0367. The van der Waals surface area contributed by atoms with E-state index in [1.807, 2.05) is 13.8 Å². The van der Waals surface area contributed by atoms with Gasteiger partial charge in [0.1, 0.15) is 0 Å². The summed E-state index contributed by atoms with van der Waals surface area (Å²) in [6.45, 7) is 3.63. The van der Waals surface area contributed by atoms with Crippen LogP contribution in [0, 0.1) is 0 Å². The van der Waals surface area contributed by atoms with Crippen molar-refractivity contribution in [2.75, 3.05) is 13.2 Å². The number of aliphatic hydroxyl groups excluding tert-OH is 1. The minimum Gasteiger partial charge on any atom is -0.465 e. The maximum absolute atomic E-state index is 10.1. The molecule has 12 heavy (non-hydrogen) atoms. The van der Waals surface area contributed by atoms with E-state index in [1.165, 1.54) is 0 Å². The van der Waals surface area contributed by atoms with Crippen LogP contribution in [0.5, 0.6) is 0 Å². The summed E-state index contributed by atoms with van der Waals surface area (Å²) in [6.07, 6.45) is -1.11. The van der Waals surface area contributed by atoms with Gasteiger partial charge in [-0.3, -0.25) is 0 Å². The Kier molecular flexibility index (Phi) is 5.40. The number of ether oxygens (including phenoxy) is 1. The molecular weight excluding hydrogens is 162 g/mol. The second-order valence-electron chi connectivity index (χ2n) is 2.71. The van der Waals surface area contributed by atoms with Crippen LogP contribution in [0.4, 0.5) is 4.79 Å². The molecule has 0 aromatic carbocycles. The van der Waals surface area contributed by atoms with Crippen LogP contribution in [0.15, 0.2) is 0 Å². The third-order valence-electron chi connectivity index (χ3n) is 1.18. The quantitative estimate of drug-likeness (QED) is 0.554. The second kappa shape index (κ2) is 5.79. The van der Waals surface area contributed by atoms with E-state index in [0.717, 1.165) is 0 Å². The molecule has 5 nitrogen and oxygen atoms in total. The van der Waals surface area contributed by atoms with Crippen LogP contribution in [0.1, 0.15) is 13.8 Å². The first-order valence-corrected chi connectivity index (χ1v) is 3.78. The zero-order valence-electron chi connectivity index (χ0n) is 7.28. The highest BCUT2D eigenvalue weighted by atomic mass is 16.5. The molecule has 0 spiro atoms. The molecule has 1 atom stereocenters. The molecule has 3 N–H and O–H groups in total. The fraction of sp³-hybridized carbons (Fsp3) is 0.857. The molecule has 0 heterocycles. The topological polar surface area (TPSA) is 78.8 Å². The van der Waals surface area contributed by atoms with E-state index in [4.69, 9.17) is 14.9 Å². The first kappa shape index (κ1) is 11.2. The predicted octanol–water partition coefficient (Wildman–Crippen LogP) is 0.0399. The number of hydrogen-bond acceptors (Lipinski definition) is 3. The van der Waals surface area contributed by atoms with Crippen LogP contribution in [-0.4, -0.2) is 41.7 Å². The number of aliphatic hydroxyl groups is 1. The zero-order chi connectivity index (χ0) is 9.56. The fourth-order valence-electron chi connectivity index (χ4n) is 0.623. The summed E-state index contributed by atoms with van der Waals surface area (Å²) in [6, 6.07) is -0.537. The molecule has 0 aliphatic heterocycles. The van der Waals surface area contributed by atoms with E-state index in [-0.39, 0.29) is 19.3 Å². The van der Waals surface area contributed by atoms with Gasteiger partial charge in [0.2, 0.25) is 0 Å². The summed E-state index contributed by atoms with van der Waals surface area (Å²) >= 11 is 0. The average Bonchev–Trinajstić information content (AvgIpc) is 1.97. The highest BCUT2D eigenvalue weighted by Crippen LogP contribution is 1.91. The van der Waals surface area contributed by atoms with Crippen molar-refractivity contribution in [3.63, 3.8) is 0 Å². The fourth-order valence-corrected chi connectivity index (χ4v) is 0.623. The van der Waals surface area contributed by atoms with Crippen molar-refractivity contribution in [2.45, 2.75) is 26.0 Å². The van der Waals surface area contributed by atoms with Crippen molar-refractivity contribution in [3.8, 4) is 0 Å². The lowest BCUT2D eigenvalue weighted by molar-refractivity contribution is 0.0471. The van der Waals surface area contributed by atoms with E-state index in [9.17, 15) is 4.79 Å². The van der Waals surface area contributed by atoms with Crippen molar-refractivity contribution in [1.82, 2.24) is 5.32 Å². The van der Waals surface area contributed by atoms with Gasteiger partial charge < -0.3 is 20.3 Å². The first-order valence-electron chi connectivity index (χ1n) is 3.78. The van der Waals surface area contributed by atoms with E-state index >= 15 is 0 Å². The summed E-state index contributed by atoms with van der Waals surface area (Å²) in [5.41, 5.74) is 0. The summed E-state index contributed by atoms with van der Waals surface area (Å²) in [7, 11) is 0. The molecule has 0 aliphatic carbocycles. The van der Waals surface area contributed by atoms with E-state index < -0.39 is 12.1 Å². The average molecular weight is 177 g/mol. The van der Waals surface area contributed by atoms with E-state index in [2.05, 4.69) is 5.32 Å². The van der Waals surface area contributed by atoms with E-state index in [1.54, 1.807) is 0 Å². The molecule has 1 amide bonds. The Morgan fingerprint density at radius 3 is 2.50 bits per heavy atom. The third-order valence-corrected chi connectivity index (χ3v) is 1.18. The molecule has 0 aromatic heterocycles. The van der Waals surface area contributed by atoms with E-state index in [0.29, 0.717) is 0 Å². The lowest BCUT2D eigenvalue weighted by Crippen LogP contribution is -2.40. The molecule has 0 bridgehead atoms. The van der Waals surface area contributed by atoms with Crippen molar-refractivity contribution in [1.29, 1.82) is 0 Å². The lowest BCUT2D eigenvalue weighted by Gasteiger charge is -2.15. The highest BCUT2D eigenvalue weighted by Gasteiger charge is 2.10. The molecule has 0 saturated carbocycles. The summed E-state index contributed by atoms with van der Waals surface area (Å²) in [5, 5.41) is 19.1. The molecule has 0 radical (unpaired) electrons. The van der Waals surface area contributed by atoms with Gasteiger partial charge in [-0.1, -0.05) is 0 Å². The SMILES string of the molecule is CC(C)OCC(CO)NC(=O)O. The van der Waals surface area contributed by atoms with Gasteiger partial charge >= 0.3 is 6.09 Å². The smallest absolute Gasteiger partial charge is 0.405 e. The first-order chi connectivity index (χ1) is 5.56. The van der Waals surface area contributed by atoms with Crippen LogP contribution in [0.3, 0.4) is 0 Å². The Balaban J connectivity index is 3.60. The Bertz CT molecular complexity index is 137. The number of carboxylic acid groups (broad SMARTS) is 1. The molecule has 0 aromatic rings. The number of nitrogens with one attached hydrogen (secondary N) is 1. The third kappa shape index (κ3) is 5.94. The van der Waals surface area contributed by atoms with Crippen LogP contribution in [0.2, 0.25) is 0 Å². The van der Waals surface area contributed by atoms with Gasteiger partial charge in [0.05, 0.1) is 25.4 Å². The normalized spacial score (nSPS) is 13.0. The number of carbonyl (C=O) groups is 1. The summed E-state index contributed by atoms with van der Waals surface area (Å²) < 4.78 is 5.11. The summed E-state index contributed by atoms with van der Waals surface area (Å²) in [4.78, 5) is 10.1. The predicted molar refractivity (Wildman–Crippen MR) is 43.1 cm³/mol. The van der Waals surface area contributed by atoms with Crippen LogP contribution < -0.4 is 5.32 Å². The Morgan fingerprint density at radius 1 is 1.58 bits per heavy atom. The van der Waals surface area contributed by atoms with Crippen molar-refractivity contribution >= 4 is 6.09 Å². The van der Waals surface area contributed by atoms with Crippen LogP contribution in [-0.2, 0) is 4.74 Å². The second-order valence-corrected chi connectivity index (χ2v) is 2.71. The van der Waals surface area contributed by atoms with Gasteiger partial charge in [-0.15, -0.1) is 0 Å². The number of amides is 1. The largest absolute Gasteiger partial charge is 0.465 e. The van der Waals surface area contributed by atoms with Gasteiger partial charge in [-0.05, 0) is 13.8 Å².